The van der Waals surface area contributed by atoms with Crippen LogP contribution in [-0.4, -0.2) is 48.7 Å². The van der Waals surface area contributed by atoms with Crippen LogP contribution in [0.1, 0.15) is 36.6 Å². The van der Waals surface area contributed by atoms with Crippen LogP contribution in [-0.2, 0) is 16.0 Å². The molecule has 4 aromatic rings. The molecule has 9 nitrogen and oxygen atoms in total. The summed E-state index contributed by atoms with van der Waals surface area (Å²) in [6, 6.07) is 14.9. The number of carbonyl (C=O) groups is 2. The molecular formula is C31H28N2O7S. The molecule has 41 heavy (non-hydrogen) atoms. The number of nitrogens with zero attached hydrogens (tertiary/aromatic N) is 2. The van der Waals surface area contributed by atoms with E-state index >= 15 is 0 Å². The standard InChI is InChI=1S/C31H28N2O7S/c1-5-39-20-8-9-21-25(15-20)41-31(32-21)33-27(17-6-11-23(37-3)24(14-17)38-4)26(29(35)30(33)36)28(34)18-7-10-22-19(13-18)12-16(2)40-22/h6-11,13-16,27,34H,5,12H2,1-4H3. The maximum atomic E-state index is 13.7. The van der Waals surface area contributed by atoms with E-state index in [1.807, 2.05) is 32.0 Å². The van der Waals surface area contributed by atoms with Crippen molar-refractivity contribution >= 4 is 44.1 Å². The van der Waals surface area contributed by atoms with Gasteiger partial charge in [-0.15, -0.1) is 0 Å². The number of anilines is 1. The molecule has 1 fully saturated rings. The molecule has 1 amide bonds. The number of thiazole rings is 1. The van der Waals surface area contributed by atoms with E-state index in [1.165, 1.54) is 30.5 Å². The van der Waals surface area contributed by atoms with Gasteiger partial charge < -0.3 is 24.1 Å². The van der Waals surface area contributed by atoms with Crippen molar-refractivity contribution in [1.82, 2.24) is 4.98 Å². The Bertz CT molecular complexity index is 1730. The smallest absolute Gasteiger partial charge is 0.301 e. The van der Waals surface area contributed by atoms with E-state index in [0.717, 1.165) is 16.0 Å². The van der Waals surface area contributed by atoms with Gasteiger partial charge in [-0.05, 0) is 73.5 Å². The third-order valence-electron chi connectivity index (χ3n) is 7.20. The molecule has 0 aliphatic carbocycles. The SMILES string of the molecule is CCOc1ccc2nc(N3C(=O)C(=O)C(=C(O)c4ccc5c(c4)CC(C)O5)C3c3ccc(OC)c(OC)c3)sc2c1. The van der Waals surface area contributed by atoms with E-state index in [9.17, 15) is 14.7 Å². The lowest BCUT2D eigenvalue weighted by molar-refractivity contribution is -0.132. The summed E-state index contributed by atoms with van der Waals surface area (Å²) < 4.78 is 23.2. The van der Waals surface area contributed by atoms with E-state index in [1.54, 1.807) is 36.4 Å². The molecule has 1 N–H and O–H groups in total. The van der Waals surface area contributed by atoms with Crippen molar-refractivity contribution in [2.24, 2.45) is 0 Å². The first-order chi connectivity index (χ1) is 19.8. The second-order valence-electron chi connectivity index (χ2n) is 9.80. The first-order valence-corrected chi connectivity index (χ1v) is 14.0. The van der Waals surface area contributed by atoms with Gasteiger partial charge in [0.25, 0.3) is 5.78 Å². The van der Waals surface area contributed by atoms with Crippen LogP contribution < -0.4 is 23.8 Å². The topological polar surface area (TPSA) is 107 Å². The molecule has 0 saturated carbocycles. The molecule has 0 bridgehead atoms. The summed E-state index contributed by atoms with van der Waals surface area (Å²) in [6.45, 7) is 4.38. The highest BCUT2D eigenvalue weighted by Gasteiger charge is 2.48. The number of Topliss-reactive ketones (excluding diaryl/α,β-unsaturated/α-hetero) is 1. The normalized spacial score (nSPS) is 19.4. The highest BCUT2D eigenvalue weighted by molar-refractivity contribution is 7.22. The van der Waals surface area contributed by atoms with Crippen LogP contribution in [0.2, 0.25) is 0 Å². The van der Waals surface area contributed by atoms with Gasteiger partial charge in [0.1, 0.15) is 23.4 Å². The zero-order valence-corrected chi connectivity index (χ0v) is 23.8. The number of hydrogen-bond acceptors (Lipinski definition) is 9. The number of aliphatic hydroxyl groups excluding tert-OH is 1. The van der Waals surface area contributed by atoms with Crippen molar-refractivity contribution in [2.45, 2.75) is 32.4 Å². The molecule has 210 valence electrons. The Balaban J connectivity index is 1.53. The number of aromatic nitrogens is 1. The molecular weight excluding hydrogens is 544 g/mol. The fourth-order valence-electron chi connectivity index (χ4n) is 5.35. The van der Waals surface area contributed by atoms with Gasteiger partial charge in [-0.25, -0.2) is 4.98 Å². The molecule has 2 aliphatic heterocycles. The summed E-state index contributed by atoms with van der Waals surface area (Å²) in [5.74, 6) is 0.479. The van der Waals surface area contributed by atoms with E-state index < -0.39 is 17.7 Å². The number of aliphatic hydroxyl groups is 1. The maximum Gasteiger partial charge on any atom is 0.301 e. The van der Waals surface area contributed by atoms with Gasteiger partial charge in [0.15, 0.2) is 16.6 Å². The van der Waals surface area contributed by atoms with Crippen molar-refractivity contribution in [3.8, 4) is 23.0 Å². The summed E-state index contributed by atoms with van der Waals surface area (Å²) in [7, 11) is 3.04. The number of rotatable bonds is 7. The van der Waals surface area contributed by atoms with Crippen LogP contribution in [0.4, 0.5) is 5.13 Å². The highest BCUT2D eigenvalue weighted by Crippen LogP contribution is 2.46. The molecule has 10 heteroatoms. The maximum absolute atomic E-state index is 13.7. The number of amides is 1. The first-order valence-electron chi connectivity index (χ1n) is 13.2. The fraction of sp³-hybridized carbons (Fsp3) is 0.258. The molecule has 1 aromatic heterocycles. The van der Waals surface area contributed by atoms with Gasteiger partial charge in [0.2, 0.25) is 0 Å². The van der Waals surface area contributed by atoms with E-state index in [2.05, 4.69) is 0 Å². The molecule has 0 spiro atoms. The highest BCUT2D eigenvalue weighted by atomic mass is 32.1. The van der Waals surface area contributed by atoms with Gasteiger partial charge in [-0.3, -0.25) is 14.5 Å². The van der Waals surface area contributed by atoms with Gasteiger partial charge in [0.05, 0.1) is 42.7 Å². The summed E-state index contributed by atoms with van der Waals surface area (Å²) in [6.07, 6.45) is 0.696. The summed E-state index contributed by atoms with van der Waals surface area (Å²) in [5.41, 5.74) is 2.53. The van der Waals surface area contributed by atoms with Crippen LogP contribution in [0, 0.1) is 0 Å². The third-order valence-corrected chi connectivity index (χ3v) is 8.22. The minimum absolute atomic E-state index is 0.0158. The number of ketones is 1. The Labute approximate surface area is 240 Å². The van der Waals surface area contributed by atoms with Crippen LogP contribution in [0.15, 0.2) is 60.2 Å². The summed E-state index contributed by atoms with van der Waals surface area (Å²) in [5, 5.41) is 11.9. The van der Waals surface area contributed by atoms with Gasteiger partial charge in [-0.1, -0.05) is 17.4 Å². The lowest BCUT2D eigenvalue weighted by atomic mass is 9.94. The molecule has 6 rings (SSSR count). The Kier molecular flexibility index (Phi) is 6.78. The Morgan fingerprint density at radius 1 is 1.07 bits per heavy atom. The predicted molar refractivity (Wildman–Crippen MR) is 155 cm³/mol. The molecule has 1 saturated heterocycles. The predicted octanol–water partition coefficient (Wildman–Crippen LogP) is 5.66. The van der Waals surface area contributed by atoms with Crippen molar-refractivity contribution < 1.29 is 33.6 Å². The van der Waals surface area contributed by atoms with E-state index in [4.69, 9.17) is 23.9 Å². The van der Waals surface area contributed by atoms with E-state index in [-0.39, 0.29) is 17.4 Å². The number of ether oxygens (including phenoxy) is 4. The minimum atomic E-state index is -0.967. The molecule has 2 aliphatic rings. The second kappa shape index (κ2) is 10.4. The molecule has 2 atom stereocenters. The van der Waals surface area contributed by atoms with Crippen LogP contribution in [0.25, 0.3) is 16.0 Å². The van der Waals surface area contributed by atoms with Crippen LogP contribution in [0.5, 0.6) is 23.0 Å². The number of fused-ring (bicyclic) bond motifs is 2. The average molecular weight is 573 g/mol. The molecule has 3 aromatic carbocycles. The van der Waals surface area contributed by atoms with Crippen molar-refractivity contribution in [3.05, 3.63) is 76.9 Å². The number of carbonyl (C=O) groups excluding carboxylic acids is 2. The largest absolute Gasteiger partial charge is 0.507 e. The summed E-state index contributed by atoms with van der Waals surface area (Å²) in [4.78, 5) is 33.4. The van der Waals surface area contributed by atoms with Gasteiger partial charge >= 0.3 is 5.91 Å². The van der Waals surface area contributed by atoms with Crippen molar-refractivity contribution in [2.75, 3.05) is 25.7 Å². The second-order valence-corrected chi connectivity index (χ2v) is 10.8. The first kappa shape index (κ1) is 26.6. The Morgan fingerprint density at radius 3 is 2.63 bits per heavy atom. The summed E-state index contributed by atoms with van der Waals surface area (Å²) >= 11 is 1.27. The molecule has 0 radical (unpaired) electrons. The average Bonchev–Trinajstić information content (AvgIpc) is 3.64. The fourth-order valence-corrected chi connectivity index (χ4v) is 6.37. The third kappa shape index (κ3) is 4.54. The minimum Gasteiger partial charge on any atom is -0.507 e. The van der Waals surface area contributed by atoms with Gasteiger partial charge in [0, 0.05) is 12.0 Å². The lowest BCUT2D eigenvalue weighted by Gasteiger charge is -2.23. The molecule has 3 heterocycles. The zero-order valence-electron chi connectivity index (χ0n) is 23.0. The monoisotopic (exact) mass is 572 g/mol. The number of methoxy groups -OCH3 is 2. The van der Waals surface area contributed by atoms with Crippen molar-refractivity contribution in [1.29, 1.82) is 0 Å². The van der Waals surface area contributed by atoms with E-state index in [0.29, 0.717) is 52.1 Å². The Morgan fingerprint density at radius 2 is 1.88 bits per heavy atom. The van der Waals surface area contributed by atoms with Crippen molar-refractivity contribution in [3.63, 3.8) is 0 Å². The van der Waals surface area contributed by atoms with Crippen LogP contribution >= 0.6 is 11.3 Å². The van der Waals surface area contributed by atoms with Gasteiger partial charge in [-0.2, -0.15) is 0 Å². The molecule has 2 unspecified atom stereocenters. The zero-order chi connectivity index (χ0) is 28.8. The van der Waals surface area contributed by atoms with Crippen LogP contribution in [0.3, 0.4) is 0 Å². The Hall–Kier alpha value is -4.57. The quantitative estimate of drug-likeness (QED) is 0.172. The lowest BCUT2D eigenvalue weighted by Crippen LogP contribution is -2.29. The number of hydrogen-bond donors (Lipinski definition) is 1. The number of benzene rings is 3.